The van der Waals surface area contributed by atoms with Gasteiger partial charge in [0, 0.05) is 6.61 Å². The van der Waals surface area contributed by atoms with Gasteiger partial charge < -0.3 is 18.9 Å². The maximum Gasteiger partial charge on any atom is 0.308 e. The number of esters is 1. The molecule has 0 N–H and O–H groups in total. The zero-order valence-electron chi connectivity index (χ0n) is 13.7. The molecule has 1 saturated heterocycles. The van der Waals surface area contributed by atoms with Gasteiger partial charge in [-0.1, -0.05) is 30.3 Å². The summed E-state index contributed by atoms with van der Waals surface area (Å²) in [5.41, 5.74) is 1.09. The van der Waals surface area contributed by atoms with Gasteiger partial charge in [0.05, 0.1) is 32.3 Å². The molecule has 23 heavy (non-hydrogen) atoms. The predicted octanol–water partition coefficient (Wildman–Crippen LogP) is 3.07. The molecule has 1 aliphatic heterocycles. The lowest BCUT2D eigenvalue weighted by molar-refractivity contribution is -0.202. The van der Waals surface area contributed by atoms with Crippen LogP contribution in [0.1, 0.15) is 38.2 Å². The molecule has 1 aromatic rings. The van der Waals surface area contributed by atoms with Crippen molar-refractivity contribution in [2.24, 2.45) is 0 Å². The molecule has 0 aromatic heterocycles. The Hall–Kier alpha value is -1.43. The van der Waals surface area contributed by atoms with Crippen molar-refractivity contribution in [1.82, 2.24) is 0 Å². The van der Waals surface area contributed by atoms with Gasteiger partial charge in [0.2, 0.25) is 0 Å². The number of ether oxygens (including phenoxy) is 4. The first-order valence-corrected chi connectivity index (χ1v) is 8.32. The summed E-state index contributed by atoms with van der Waals surface area (Å²) in [5.74, 6) is -0.267. The highest BCUT2D eigenvalue weighted by atomic mass is 16.7. The van der Waals surface area contributed by atoms with E-state index < -0.39 is 0 Å². The summed E-state index contributed by atoms with van der Waals surface area (Å²) in [7, 11) is 0. The van der Waals surface area contributed by atoms with E-state index in [1.807, 2.05) is 30.3 Å². The third kappa shape index (κ3) is 7.12. The van der Waals surface area contributed by atoms with Crippen LogP contribution < -0.4 is 0 Å². The van der Waals surface area contributed by atoms with Gasteiger partial charge in [0.1, 0.15) is 0 Å². The van der Waals surface area contributed by atoms with Crippen LogP contribution >= 0.6 is 0 Å². The number of hydrogen-bond donors (Lipinski definition) is 0. The number of carbonyl (C=O) groups is 1. The van der Waals surface area contributed by atoms with Gasteiger partial charge in [-0.3, -0.25) is 4.79 Å². The van der Waals surface area contributed by atoms with Crippen molar-refractivity contribution < 1.29 is 23.7 Å². The summed E-state index contributed by atoms with van der Waals surface area (Å²) in [6.07, 6.45) is 2.60. The smallest absolute Gasteiger partial charge is 0.308 e. The second-order valence-electron chi connectivity index (χ2n) is 5.56. The summed E-state index contributed by atoms with van der Waals surface area (Å²) >= 11 is 0. The molecule has 2 rings (SSSR count). The van der Waals surface area contributed by atoms with Crippen LogP contribution in [-0.2, 0) is 30.3 Å². The Kier molecular flexibility index (Phi) is 8.07. The molecule has 2 atom stereocenters. The normalized spacial score (nSPS) is 19.3. The highest BCUT2D eigenvalue weighted by molar-refractivity contribution is 5.69. The standard InChI is InChI=1S/C18H26O5/c1-2-21-17(19)12-16(23-18-10-6-7-11-22-18)14-20-13-15-8-4-3-5-9-15/h3-5,8-9,16,18H,2,6-7,10-14H2,1H3. The van der Waals surface area contributed by atoms with Gasteiger partial charge in [0.15, 0.2) is 6.29 Å². The molecule has 0 aliphatic carbocycles. The fraction of sp³-hybridized carbons (Fsp3) is 0.611. The van der Waals surface area contributed by atoms with Gasteiger partial charge >= 0.3 is 5.97 Å². The molecular weight excluding hydrogens is 296 g/mol. The van der Waals surface area contributed by atoms with Crippen molar-refractivity contribution >= 4 is 5.97 Å². The SMILES string of the molecule is CCOC(=O)CC(COCc1ccccc1)OC1CCCCO1. The molecule has 128 valence electrons. The van der Waals surface area contributed by atoms with Gasteiger partial charge in [-0.25, -0.2) is 0 Å². The fourth-order valence-corrected chi connectivity index (χ4v) is 2.47. The average molecular weight is 322 g/mol. The fourth-order valence-electron chi connectivity index (χ4n) is 2.47. The summed E-state index contributed by atoms with van der Waals surface area (Å²) in [4.78, 5) is 11.7. The van der Waals surface area contributed by atoms with Crippen molar-refractivity contribution in [1.29, 1.82) is 0 Å². The van der Waals surface area contributed by atoms with Crippen molar-refractivity contribution in [3.8, 4) is 0 Å². The Bertz CT molecular complexity index is 442. The lowest BCUT2D eigenvalue weighted by Crippen LogP contribution is -2.32. The molecule has 0 spiro atoms. The zero-order chi connectivity index (χ0) is 16.3. The largest absolute Gasteiger partial charge is 0.466 e. The minimum atomic E-state index is -0.346. The number of carbonyl (C=O) groups excluding carboxylic acids is 1. The van der Waals surface area contributed by atoms with E-state index in [-0.39, 0.29) is 24.8 Å². The number of rotatable bonds is 9. The molecule has 1 aromatic carbocycles. The maximum atomic E-state index is 11.7. The van der Waals surface area contributed by atoms with E-state index in [1.165, 1.54) is 0 Å². The Morgan fingerprint density at radius 1 is 1.30 bits per heavy atom. The summed E-state index contributed by atoms with van der Waals surface area (Å²) < 4.78 is 22.2. The van der Waals surface area contributed by atoms with Crippen molar-refractivity contribution in [3.05, 3.63) is 35.9 Å². The van der Waals surface area contributed by atoms with Crippen LogP contribution in [0.3, 0.4) is 0 Å². The first-order valence-electron chi connectivity index (χ1n) is 8.32. The highest BCUT2D eigenvalue weighted by Gasteiger charge is 2.23. The third-order valence-electron chi connectivity index (χ3n) is 3.60. The quantitative estimate of drug-likeness (QED) is 0.654. The van der Waals surface area contributed by atoms with E-state index >= 15 is 0 Å². The molecule has 1 heterocycles. The molecule has 1 fully saturated rings. The van der Waals surface area contributed by atoms with Crippen LogP contribution in [0.15, 0.2) is 30.3 Å². The van der Waals surface area contributed by atoms with Crippen LogP contribution in [0.5, 0.6) is 0 Å². The molecule has 5 heteroatoms. The Morgan fingerprint density at radius 2 is 2.13 bits per heavy atom. The Morgan fingerprint density at radius 3 is 2.83 bits per heavy atom. The summed E-state index contributed by atoms with van der Waals surface area (Å²) in [6.45, 7) is 3.71. The molecule has 0 radical (unpaired) electrons. The predicted molar refractivity (Wildman–Crippen MR) is 85.8 cm³/mol. The van der Waals surface area contributed by atoms with E-state index in [9.17, 15) is 4.79 Å². The van der Waals surface area contributed by atoms with Crippen molar-refractivity contribution in [2.45, 2.75) is 51.6 Å². The van der Waals surface area contributed by atoms with Gasteiger partial charge in [0.25, 0.3) is 0 Å². The number of hydrogen-bond acceptors (Lipinski definition) is 5. The maximum absolute atomic E-state index is 11.7. The minimum Gasteiger partial charge on any atom is -0.466 e. The summed E-state index contributed by atoms with van der Waals surface area (Å²) in [6, 6.07) is 9.93. The minimum absolute atomic E-state index is 0.183. The lowest BCUT2D eigenvalue weighted by Gasteiger charge is -2.27. The molecule has 2 unspecified atom stereocenters. The van der Waals surface area contributed by atoms with Crippen LogP contribution in [-0.4, -0.2) is 38.2 Å². The van der Waals surface area contributed by atoms with Gasteiger partial charge in [-0.05, 0) is 31.7 Å². The zero-order valence-corrected chi connectivity index (χ0v) is 13.7. The summed E-state index contributed by atoms with van der Waals surface area (Å²) in [5, 5.41) is 0. The molecular formula is C18H26O5. The van der Waals surface area contributed by atoms with Crippen LogP contribution in [0, 0.1) is 0 Å². The van der Waals surface area contributed by atoms with Gasteiger partial charge in [-0.2, -0.15) is 0 Å². The average Bonchev–Trinajstić information content (AvgIpc) is 2.57. The number of benzene rings is 1. The van der Waals surface area contributed by atoms with E-state index in [0.717, 1.165) is 24.8 Å². The topological polar surface area (TPSA) is 54.0 Å². The highest BCUT2D eigenvalue weighted by Crippen LogP contribution is 2.17. The van der Waals surface area contributed by atoms with E-state index in [1.54, 1.807) is 6.92 Å². The van der Waals surface area contributed by atoms with E-state index in [4.69, 9.17) is 18.9 Å². The van der Waals surface area contributed by atoms with Crippen molar-refractivity contribution in [2.75, 3.05) is 19.8 Å². The van der Waals surface area contributed by atoms with Gasteiger partial charge in [-0.15, -0.1) is 0 Å². The first-order chi connectivity index (χ1) is 11.3. The Labute approximate surface area is 137 Å². The molecule has 0 saturated carbocycles. The van der Waals surface area contributed by atoms with Crippen LogP contribution in [0.25, 0.3) is 0 Å². The molecule has 1 aliphatic rings. The van der Waals surface area contributed by atoms with E-state index in [2.05, 4.69) is 0 Å². The van der Waals surface area contributed by atoms with E-state index in [0.29, 0.717) is 26.4 Å². The third-order valence-corrected chi connectivity index (χ3v) is 3.60. The Balaban J connectivity index is 1.80. The second-order valence-corrected chi connectivity index (χ2v) is 5.56. The van der Waals surface area contributed by atoms with Crippen LogP contribution in [0.4, 0.5) is 0 Å². The first kappa shape index (κ1) is 17.9. The van der Waals surface area contributed by atoms with Crippen LogP contribution in [0.2, 0.25) is 0 Å². The molecule has 5 nitrogen and oxygen atoms in total. The van der Waals surface area contributed by atoms with Crippen molar-refractivity contribution in [3.63, 3.8) is 0 Å². The molecule has 0 amide bonds. The monoisotopic (exact) mass is 322 g/mol. The molecule has 0 bridgehead atoms. The lowest BCUT2D eigenvalue weighted by atomic mass is 10.2. The second kappa shape index (κ2) is 10.4.